The van der Waals surface area contributed by atoms with Crippen LogP contribution in [0.5, 0.6) is 0 Å². The first-order chi connectivity index (χ1) is 13.6. The summed E-state index contributed by atoms with van der Waals surface area (Å²) in [5, 5.41) is 2.76. The maximum Gasteiger partial charge on any atom is 0.0475 e. The van der Waals surface area contributed by atoms with Gasteiger partial charge in [0.1, 0.15) is 0 Å². The quantitative estimate of drug-likeness (QED) is 0.277. The van der Waals surface area contributed by atoms with Crippen LogP contribution >= 0.6 is 12.4 Å². The lowest BCUT2D eigenvalue weighted by molar-refractivity contribution is 0.544. The summed E-state index contributed by atoms with van der Waals surface area (Å²) in [4.78, 5) is 2.49. The summed E-state index contributed by atoms with van der Waals surface area (Å²) >= 11 is 0. The van der Waals surface area contributed by atoms with Crippen LogP contribution in [0.3, 0.4) is 0 Å². The van der Waals surface area contributed by atoms with Crippen molar-refractivity contribution in [1.29, 1.82) is 0 Å². The van der Waals surface area contributed by atoms with Crippen LogP contribution in [0.2, 0.25) is 0 Å². The number of hydrogen-bond donors (Lipinski definition) is 0. The molecule has 0 spiro atoms. The zero-order valence-corrected chi connectivity index (χ0v) is 20.3. The fourth-order valence-electron chi connectivity index (χ4n) is 4.36. The molecule has 0 aliphatic heterocycles. The van der Waals surface area contributed by atoms with Gasteiger partial charge in [-0.1, -0.05) is 108 Å². The van der Waals surface area contributed by atoms with Crippen LogP contribution in [0.1, 0.15) is 95.1 Å². The molecule has 0 unspecified atom stereocenters. The standard InChI is InChI=1S/C27H43N.ClH/c1-5-6-7-8-9-10-11-12-13-14-15-18-21-28(4)27-24(3)23(2)22-25-19-16-17-20-26(25)27;/h16-17,19-20,22H,5-15,18,21H2,1-4H3;1H. The summed E-state index contributed by atoms with van der Waals surface area (Å²) in [7, 11) is 2.27. The zero-order chi connectivity index (χ0) is 20.2. The summed E-state index contributed by atoms with van der Waals surface area (Å²) in [5.41, 5.74) is 4.26. The van der Waals surface area contributed by atoms with Gasteiger partial charge in [0.25, 0.3) is 0 Å². The van der Waals surface area contributed by atoms with Gasteiger partial charge in [0.15, 0.2) is 0 Å². The SMILES string of the molecule is CCCCCCCCCCCCCCN(C)c1c(C)c(C)cc2ccccc12.Cl. The van der Waals surface area contributed by atoms with Crippen LogP contribution in [0.25, 0.3) is 10.8 Å². The molecule has 2 aromatic carbocycles. The summed E-state index contributed by atoms with van der Waals surface area (Å²) in [6, 6.07) is 11.1. The van der Waals surface area contributed by atoms with Gasteiger partial charge in [-0.2, -0.15) is 0 Å². The van der Waals surface area contributed by atoms with E-state index in [0.717, 1.165) is 6.54 Å². The molecule has 0 aromatic heterocycles. The molecule has 0 saturated heterocycles. The molecule has 0 bridgehead atoms. The van der Waals surface area contributed by atoms with Crippen molar-refractivity contribution >= 4 is 28.9 Å². The first-order valence-corrected chi connectivity index (χ1v) is 11.8. The number of halogens is 1. The van der Waals surface area contributed by atoms with E-state index < -0.39 is 0 Å². The number of nitrogens with zero attached hydrogens (tertiary/aromatic N) is 1. The summed E-state index contributed by atoms with van der Waals surface area (Å²) < 4.78 is 0. The highest BCUT2D eigenvalue weighted by atomic mass is 35.5. The van der Waals surface area contributed by atoms with Crippen molar-refractivity contribution in [3.05, 3.63) is 41.5 Å². The third kappa shape index (κ3) is 8.59. The smallest absolute Gasteiger partial charge is 0.0475 e. The first kappa shape index (κ1) is 25.8. The lowest BCUT2D eigenvalue weighted by Gasteiger charge is -2.25. The van der Waals surface area contributed by atoms with Gasteiger partial charge in [0.2, 0.25) is 0 Å². The molecule has 0 saturated carbocycles. The minimum absolute atomic E-state index is 0. The van der Waals surface area contributed by atoms with Crippen molar-refractivity contribution in [2.45, 2.75) is 97.8 Å². The Morgan fingerprint density at radius 1 is 0.724 bits per heavy atom. The topological polar surface area (TPSA) is 3.24 Å². The van der Waals surface area contributed by atoms with E-state index in [4.69, 9.17) is 0 Å². The monoisotopic (exact) mass is 417 g/mol. The molecule has 2 rings (SSSR count). The molecular weight excluding hydrogens is 374 g/mol. The lowest BCUT2D eigenvalue weighted by atomic mass is 9.99. The van der Waals surface area contributed by atoms with E-state index in [1.807, 2.05) is 0 Å². The fourth-order valence-corrected chi connectivity index (χ4v) is 4.36. The van der Waals surface area contributed by atoms with Gasteiger partial charge in [0.05, 0.1) is 0 Å². The molecule has 29 heavy (non-hydrogen) atoms. The number of anilines is 1. The maximum atomic E-state index is 2.49. The first-order valence-electron chi connectivity index (χ1n) is 11.8. The third-order valence-corrected chi connectivity index (χ3v) is 6.26. The molecule has 1 nitrogen and oxygen atoms in total. The van der Waals surface area contributed by atoms with E-state index in [2.05, 4.69) is 63.1 Å². The molecule has 0 heterocycles. The second-order valence-electron chi connectivity index (χ2n) is 8.70. The number of aryl methyl sites for hydroxylation is 1. The molecule has 164 valence electrons. The van der Waals surface area contributed by atoms with Crippen LogP contribution in [0, 0.1) is 13.8 Å². The summed E-state index contributed by atoms with van der Waals surface area (Å²) in [5.74, 6) is 0. The zero-order valence-electron chi connectivity index (χ0n) is 19.4. The Morgan fingerprint density at radius 3 is 1.83 bits per heavy atom. The van der Waals surface area contributed by atoms with Gasteiger partial charge in [0, 0.05) is 24.7 Å². The van der Waals surface area contributed by atoms with Crippen molar-refractivity contribution < 1.29 is 0 Å². The minimum atomic E-state index is 0. The van der Waals surface area contributed by atoms with Gasteiger partial charge in [-0.25, -0.2) is 0 Å². The largest absolute Gasteiger partial charge is 0.374 e. The molecule has 0 aliphatic rings. The number of unbranched alkanes of at least 4 members (excludes halogenated alkanes) is 11. The number of fused-ring (bicyclic) bond motifs is 1. The molecule has 0 amide bonds. The number of hydrogen-bond acceptors (Lipinski definition) is 1. The lowest BCUT2D eigenvalue weighted by Crippen LogP contribution is -2.20. The molecule has 0 radical (unpaired) electrons. The average Bonchev–Trinajstić information content (AvgIpc) is 2.69. The van der Waals surface area contributed by atoms with Gasteiger partial charge in [-0.3, -0.25) is 0 Å². The number of benzene rings is 2. The van der Waals surface area contributed by atoms with Crippen molar-refractivity contribution in [1.82, 2.24) is 0 Å². The van der Waals surface area contributed by atoms with E-state index in [-0.39, 0.29) is 12.4 Å². The Labute approximate surface area is 186 Å². The van der Waals surface area contributed by atoms with Gasteiger partial charge >= 0.3 is 0 Å². The molecule has 2 aromatic rings. The maximum absolute atomic E-state index is 2.49. The Balaban J connectivity index is 0.00000420. The minimum Gasteiger partial charge on any atom is -0.374 e. The Hall–Kier alpha value is -1.21. The van der Waals surface area contributed by atoms with E-state index in [0.29, 0.717) is 0 Å². The second-order valence-corrected chi connectivity index (χ2v) is 8.70. The Morgan fingerprint density at radius 2 is 1.24 bits per heavy atom. The van der Waals surface area contributed by atoms with Crippen molar-refractivity contribution in [2.24, 2.45) is 0 Å². The van der Waals surface area contributed by atoms with Crippen LogP contribution in [-0.4, -0.2) is 13.6 Å². The third-order valence-electron chi connectivity index (χ3n) is 6.26. The highest BCUT2D eigenvalue weighted by molar-refractivity contribution is 5.96. The normalized spacial score (nSPS) is 10.9. The van der Waals surface area contributed by atoms with E-state index in [1.165, 1.54) is 105 Å². The molecule has 0 aliphatic carbocycles. The van der Waals surface area contributed by atoms with E-state index in [9.17, 15) is 0 Å². The molecule has 0 fully saturated rings. The van der Waals surface area contributed by atoms with Crippen molar-refractivity contribution in [2.75, 3.05) is 18.5 Å². The van der Waals surface area contributed by atoms with Gasteiger partial charge in [-0.05, 0) is 36.8 Å². The molecule has 0 atom stereocenters. The van der Waals surface area contributed by atoms with E-state index in [1.54, 1.807) is 0 Å². The Kier molecular flexibility index (Phi) is 13.1. The van der Waals surface area contributed by atoms with Crippen molar-refractivity contribution in [3.63, 3.8) is 0 Å². The molecule has 0 N–H and O–H groups in total. The number of rotatable bonds is 14. The van der Waals surface area contributed by atoms with Crippen LogP contribution in [-0.2, 0) is 0 Å². The molecular formula is C27H44ClN. The fraction of sp³-hybridized carbons (Fsp3) is 0.630. The highest BCUT2D eigenvalue weighted by Crippen LogP contribution is 2.32. The predicted molar refractivity (Wildman–Crippen MR) is 135 cm³/mol. The summed E-state index contributed by atoms with van der Waals surface area (Å²) in [6.45, 7) is 7.96. The van der Waals surface area contributed by atoms with Crippen LogP contribution in [0.15, 0.2) is 30.3 Å². The van der Waals surface area contributed by atoms with E-state index >= 15 is 0 Å². The Bertz CT molecular complexity index is 694. The van der Waals surface area contributed by atoms with Crippen LogP contribution in [0.4, 0.5) is 5.69 Å². The predicted octanol–water partition coefficient (Wildman–Crippen LogP) is 9.02. The highest BCUT2D eigenvalue weighted by Gasteiger charge is 2.11. The second kappa shape index (κ2) is 14.7. The van der Waals surface area contributed by atoms with Crippen molar-refractivity contribution in [3.8, 4) is 0 Å². The molecule has 2 heteroatoms. The van der Waals surface area contributed by atoms with Gasteiger partial charge in [-0.15, -0.1) is 12.4 Å². The van der Waals surface area contributed by atoms with Crippen LogP contribution < -0.4 is 4.90 Å². The average molecular weight is 418 g/mol. The van der Waals surface area contributed by atoms with Gasteiger partial charge < -0.3 is 4.90 Å². The summed E-state index contributed by atoms with van der Waals surface area (Å²) in [6.07, 6.45) is 16.9.